The van der Waals surface area contributed by atoms with Crippen molar-refractivity contribution in [1.29, 1.82) is 0 Å². The fourth-order valence-electron chi connectivity index (χ4n) is 3.88. The largest absolute Gasteiger partial charge is 0.385 e. The molecule has 1 amide bonds. The summed E-state index contributed by atoms with van der Waals surface area (Å²) in [6, 6.07) is 12.5. The molecule has 0 radical (unpaired) electrons. The zero-order valence-electron chi connectivity index (χ0n) is 17.4. The lowest BCUT2D eigenvalue weighted by Crippen LogP contribution is -2.23. The van der Waals surface area contributed by atoms with E-state index in [0.29, 0.717) is 28.5 Å². The van der Waals surface area contributed by atoms with E-state index in [1.54, 1.807) is 31.3 Å². The minimum Gasteiger partial charge on any atom is -0.385 e. The number of anilines is 3. The molecule has 10 nitrogen and oxygen atoms in total. The monoisotopic (exact) mass is 430 g/mol. The van der Waals surface area contributed by atoms with Gasteiger partial charge in [-0.2, -0.15) is 9.78 Å². The Morgan fingerprint density at radius 3 is 2.59 bits per heavy atom. The van der Waals surface area contributed by atoms with Crippen molar-refractivity contribution in [3.8, 4) is 5.69 Å². The lowest BCUT2D eigenvalue weighted by molar-refractivity contribution is 0.0991. The summed E-state index contributed by atoms with van der Waals surface area (Å²) in [5.41, 5.74) is 8.45. The molecule has 0 atom stereocenters. The van der Waals surface area contributed by atoms with Gasteiger partial charge in [0.25, 0.3) is 11.5 Å². The first-order chi connectivity index (χ1) is 15.6. The molecule has 10 heteroatoms. The van der Waals surface area contributed by atoms with Crippen molar-refractivity contribution in [2.45, 2.75) is 25.2 Å². The van der Waals surface area contributed by atoms with E-state index in [1.165, 1.54) is 15.4 Å². The summed E-state index contributed by atoms with van der Waals surface area (Å²) in [6.45, 7) is 0. The Morgan fingerprint density at radius 1 is 1.16 bits per heavy atom. The molecule has 0 bridgehead atoms. The molecule has 0 spiro atoms. The molecule has 1 saturated carbocycles. The molecule has 4 aromatic rings. The third kappa shape index (κ3) is 3.25. The second-order valence-electron chi connectivity index (χ2n) is 7.69. The van der Waals surface area contributed by atoms with Crippen molar-refractivity contribution in [3.05, 3.63) is 70.4 Å². The average molecular weight is 430 g/mol. The number of nitrogens with zero attached hydrogens (tertiary/aromatic N) is 5. The smallest absolute Gasteiger partial charge is 0.295 e. The molecule has 0 aliphatic heterocycles. The van der Waals surface area contributed by atoms with Gasteiger partial charge in [0.2, 0.25) is 0 Å². The summed E-state index contributed by atoms with van der Waals surface area (Å²) < 4.78 is 2.77. The van der Waals surface area contributed by atoms with E-state index in [0.717, 1.165) is 19.3 Å². The van der Waals surface area contributed by atoms with Gasteiger partial charge in [0.1, 0.15) is 5.69 Å². The van der Waals surface area contributed by atoms with Crippen LogP contribution in [-0.2, 0) is 0 Å². The van der Waals surface area contributed by atoms with Crippen LogP contribution in [0.2, 0.25) is 0 Å². The predicted molar refractivity (Wildman–Crippen MR) is 121 cm³/mol. The zero-order chi connectivity index (χ0) is 22.2. The number of fused-ring (bicyclic) bond motifs is 1. The van der Waals surface area contributed by atoms with Crippen LogP contribution < -0.4 is 21.9 Å². The third-order valence-electron chi connectivity index (χ3n) is 5.72. The number of para-hydroxylation sites is 1. The number of nitrogens with two attached hydrogens (primary N) is 1. The molecule has 0 saturated heterocycles. The first kappa shape index (κ1) is 19.7. The Bertz CT molecular complexity index is 1370. The molecular weight excluding hydrogens is 408 g/mol. The minimum atomic E-state index is -0.582. The van der Waals surface area contributed by atoms with Crippen LogP contribution >= 0.6 is 0 Å². The average Bonchev–Trinajstić information content (AvgIpc) is 3.13. The quantitative estimate of drug-likeness (QED) is 0.428. The third-order valence-corrected chi connectivity index (χ3v) is 5.72. The molecule has 1 fully saturated rings. The summed E-state index contributed by atoms with van der Waals surface area (Å²) in [4.78, 5) is 30.0. The zero-order valence-corrected chi connectivity index (χ0v) is 17.4. The van der Waals surface area contributed by atoms with Gasteiger partial charge in [0.15, 0.2) is 17.2 Å². The summed E-state index contributed by atoms with van der Waals surface area (Å²) in [7, 11) is 1.76. The molecule has 1 aromatic carbocycles. The van der Waals surface area contributed by atoms with Crippen LogP contribution in [0.1, 0.15) is 41.4 Å². The van der Waals surface area contributed by atoms with Gasteiger partial charge in [-0.1, -0.05) is 24.6 Å². The topological polar surface area (TPSA) is 132 Å². The number of nitrogens with one attached hydrogen (secondary N) is 2. The van der Waals surface area contributed by atoms with Gasteiger partial charge in [-0.05, 0) is 31.0 Å². The molecule has 1 aliphatic rings. The van der Waals surface area contributed by atoms with Crippen molar-refractivity contribution in [1.82, 2.24) is 24.4 Å². The normalized spacial score (nSPS) is 13.7. The van der Waals surface area contributed by atoms with Crippen LogP contribution in [0, 0.1) is 0 Å². The number of imidazole rings is 1. The van der Waals surface area contributed by atoms with Crippen molar-refractivity contribution in [3.63, 3.8) is 0 Å². The van der Waals surface area contributed by atoms with Gasteiger partial charge in [0.05, 0.1) is 23.3 Å². The van der Waals surface area contributed by atoms with E-state index in [1.807, 2.05) is 18.2 Å². The van der Waals surface area contributed by atoms with Gasteiger partial charge in [-0.3, -0.25) is 9.59 Å². The number of hydrogen-bond donors (Lipinski definition) is 3. The molecule has 0 unspecified atom stereocenters. The van der Waals surface area contributed by atoms with Crippen LogP contribution in [0.15, 0.2) is 53.5 Å². The standard InChI is InChI=1S/C22H22N8O2/c1-24-16-12-17(26-15-10-11-25-29(22(15)32)14-8-3-2-4-9-14)28-30-19(20(23)31)18(27-21(16)30)13-6-5-7-13/h2-4,8-13,24H,5-7H2,1H3,(H2,23,31)(H,26,28). The second kappa shape index (κ2) is 7.80. The molecule has 162 valence electrons. The highest BCUT2D eigenvalue weighted by atomic mass is 16.1. The first-order valence-corrected chi connectivity index (χ1v) is 10.4. The van der Waals surface area contributed by atoms with Crippen LogP contribution in [0.5, 0.6) is 0 Å². The predicted octanol–water partition coefficient (Wildman–Crippen LogP) is 2.43. The summed E-state index contributed by atoms with van der Waals surface area (Å²) in [5.74, 6) is -0.00939. The SMILES string of the molecule is CNc1cc(Nc2ccnn(-c3ccccc3)c2=O)nn2c(C(N)=O)c(C3CCC3)nc12. The van der Waals surface area contributed by atoms with E-state index in [9.17, 15) is 9.59 Å². The Balaban J connectivity index is 1.61. The number of carbonyl (C=O) groups excluding carboxylic acids is 1. The Morgan fingerprint density at radius 2 is 1.94 bits per heavy atom. The number of amides is 1. The molecule has 3 aromatic heterocycles. The van der Waals surface area contributed by atoms with Crippen molar-refractivity contribution >= 4 is 28.7 Å². The fourth-order valence-corrected chi connectivity index (χ4v) is 3.88. The fraction of sp³-hybridized carbons (Fsp3) is 0.227. The number of hydrogen-bond acceptors (Lipinski definition) is 7. The van der Waals surface area contributed by atoms with E-state index in [2.05, 4.69) is 25.8 Å². The lowest BCUT2D eigenvalue weighted by Gasteiger charge is -2.23. The maximum Gasteiger partial charge on any atom is 0.295 e. The van der Waals surface area contributed by atoms with Gasteiger partial charge in [-0.25, -0.2) is 9.50 Å². The van der Waals surface area contributed by atoms with Crippen LogP contribution in [0.4, 0.5) is 17.2 Å². The first-order valence-electron chi connectivity index (χ1n) is 10.4. The van der Waals surface area contributed by atoms with Crippen molar-refractivity contribution in [2.24, 2.45) is 5.73 Å². The maximum atomic E-state index is 13.0. The van der Waals surface area contributed by atoms with Gasteiger partial charge >= 0.3 is 0 Å². The molecule has 5 rings (SSSR count). The van der Waals surface area contributed by atoms with Crippen molar-refractivity contribution in [2.75, 3.05) is 17.7 Å². The number of carbonyl (C=O) groups is 1. The van der Waals surface area contributed by atoms with E-state index in [4.69, 9.17) is 5.73 Å². The number of benzene rings is 1. The lowest BCUT2D eigenvalue weighted by atomic mass is 9.82. The minimum absolute atomic E-state index is 0.207. The van der Waals surface area contributed by atoms with Gasteiger partial charge in [0, 0.05) is 19.0 Å². The van der Waals surface area contributed by atoms with Crippen LogP contribution in [-0.4, -0.2) is 37.3 Å². The highest BCUT2D eigenvalue weighted by Crippen LogP contribution is 2.38. The molecule has 3 heterocycles. The maximum absolute atomic E-state index is 13.0. The molecule has 1 aliphatic carbocycles. The van der Waals surface area contributed by atoms with Crippen LogP contribution in [0.25, 0.3) is 11.3 Å². The Labute approximate surface area is 183 Å². The second-order valence-corrected chi connectivity index (χ2v) is 7.69. The Hall–Kier alpha value is -4.21. The number of primary amides is 1. The molecular formula is C22H22N8O2. The van der Waals surface area contributed by atoms with E-state index < -0.39 is 5.91 Å². The summed E-state index contributed by atoms with van der Waals surface area (Å²) in [6.07, 6.45) is 4.58. The number of aromatic nitrogens is 5. The highest BCUT2D eigenvalue weighted by molar-refractivity contribution is 5.94. The molecule has 32 heavy (non-hydrogen) atoms. The van der Waals surface area contributed by atoms with E-state index in [-0.39, 0.29) is 22.9 Å². The number of rotatable bonds is 6. The van der Waals surface area contributed by atoms with Crippen molar-refractivity contribution < 1.29 is 4.79 Å². The highest BCUT2D eigenvalue weighted by Gasteiger charge is 2.30. The van der Waals surface area contributed by atoms with Gasteiger partial charge in [-0.15, -0.1) is 5.10 Å². The van der Waals surface area contributed by atoms with Gasteiger partial charge < -0.3 is 16.4 Å². The molecule has 4 N–H and O–H groups in total. The van der Waals surface area contributed by atoms with E-state index >= 15 is 0 Å². The van der Waals surface area contributed by atoms with Crippen LogP contribution in [0.3, 0.4) is 0 Å². The summed E-state index contributed by atoms with van der Waals surface area (Å²) in [5, 5.41) is 14.9. The Kier molecular flexibility index (Phi) is 4.81. The summed E-state index contributed by atoms with van der Waals surface area (Å²) >= 11 is 0.